The number of hydrogen-bond acceptors (Lipinski definition) is 1. The van der Waals surface area contributed by atoms with E-state index in [0.29, 0.717) is 24.3 Å². The molecule has 0 aromatic carbocycles. The number of carbonyl (C=O) groups is 1. The molecule has 16 heavy (non-hydrogen) atoms. The van der Waals surface area contributed by atoms with Crippen LogP contribution in [0.2, 0.25) is 0 Å². The largest absolute Gasteiger partial charge is 0.339 e. The molecular weight excluding hydrogens is 198 g/mol. The molecule has 0 aliphatic carbocycles. The van der Waals surface area contributed by atoms with E-state index < -0.39 is 0 Å². The summed E-state index contributed by atoms with van der Waals surface area (Å²) in [4.78, 5) is 13.8. The molecule has 1 amide bonds. The minimum Gasteiger partial charge on any atom is -0.339 e. The van der Waals surface area contributed by atoms with E-state index in [2.05, 4.69) is 27.4 Å². The van der Waals surface area contributed by atoms with Crippen molar-refractivity contribution in [1.29, 1.82) is 0 Å². The average molecular weight is 223 g/mol. The van der Waals surface area contributed by atoms with Crippen LogP contribution in [0.1, 0.15) is 46.5 Å². The van der Waals surface area contributed by atoms with Crippen LogP contribution in [0.4, 0.5) is 0 Å². The molecule has 1 heterocycles. The third-order valence-electron chi connectivity index (χ3n) is 3.46. The third-order valence-corrected chi connectivity index (χ3v) is 3.46. The summed E-state index contributed by atoms with van der Waals surface area (Å²) in [6.07, 6.45) is 6.20. The first kappa shape index (κ1) is 13.3. The van der Waals surface area contributed by atoms with Gasteiger partial charge in [0, 0.05) is 24.9 Å². The lowest BCUT2D eigenvalue weighted by molar-refractivity contribution is -0.129. The van der Waals surface area contributed by atoms with Crippen molar-refractivity contribution < 1.29 is 4.79 Å². The first-order valence-electron chi connectivity index (χ1n) is 6.46. The zero-order chi connectivity index (χ0) is 12.1. The Morgan fingerprint density at radius 2 is 2.12 bits per heavy atom. The molecule has 2 atom stereocenters. The van der Waals surface area contributed by atoms with E-state index >= 15 is 0 Å². The standard InChI is InChI=1S/C14H25NO/c1-5-13-9-14(16)15(10-13)12(4)8-6-7-11(2)3/h5,11-13H,1,6-10H2,2-4H3. The van der Waals surface area contributed by atoms with Gasteiger partial charge in [-0.05, 0) is 19.3 Å². The lowest BCUT2D eigenvalue weighted by atomic mass is 10.0. The highest BCUT2D eigenvalue weighted by atomic mass is 16.2. The van der Waals surface area contributed by atoms with Gasteiger partial charge >= 0.3 is 0 Å². The Labute approximate surface area is 99.7 Å². The maximum atomic E-state index is 11.8. The van der Waals surface area contributed by atoms with E-state index in [9.17, 15) is 4.79 Å². The van der Waals surface area contributed by atoms with E-state index in [0.717, 1.165) is 18.9 Å². The van der Waals surface area contributed by atoms with Crippen molar-refractivity contribution in [3.05, 3.63) is 12.7 Å². The molecule has 1 fully saturated rings. The predicted octanol–water partition coefficient (Wildman–Crippen LogP) is 3.24. The van der Waals surface area contributed by atoms with Crippen molar-refractivity contribution in [3.63, 3.8) is 0 Å². The Morgan fingerprint density at radius 1 is 1.44 bits per heavy atom. The molecule has 0 spiro atoms. The lowest BCUT2D eigenvalue weighted by Gasteiger charge is -2.24. The van der Waals surface area contributed by atoms with Crippen molar-refractivity contribution in [2.75, 3.05) is 6.54 Å². The fraction of sp³-hybridized carbons (Fsp3) is 0.786. The molecule has 1 aliphatic heterocycles. The topological polar surface area (TPSA) is 20.3 Å². The first-order valence-corrected chi connectivity index (χ1v) is 6.46. The summed E-state index contributed by atoms with van der Waals surface area (Å²) >= 11 is 0. The Kier molecular flexibility index (Phi) is 5.04. The van der Waals surface area contributed by atoms with Gasteiger partial charge in [-0.15, -0.1) is 6.58 Å². The Bertz CT molecular complexity index is 247. The Balaban J connectivity index is 2.33. The minimum atomic E-state index is 0.307. The van der Waals surface area contributed by atoms with Gasteiger partial charge in [-0.25, -0.2) is 0 Å². The van der Waals surface area contributed by atoms with Gasteiger partial charge in [0.1, 0.15) is 0 Å². The van der Waals surface area contributed by atoms with Crippen molar-refractivity contribution in [2.24, 2.45) is 11.8 Å². The summed E-state index contributed by atoms with van der Waals surface area (Å²) in [5.74, 6) is 1.45. The quantitative estimate of drug-likeness (QED) is 0.633. The number of nitrogens with zero attached hydrogens (tertiary/aromatic N) is 1. The molecule has 1 aliphatic rings. The van der Waals surface area contributed by atoms with E-state index in [4.69, 9.17) is 0 Å². The van der Waals surface area contributed by atoms with Crippen molar-refractivity contribution in [2.45, 2.75) is 52.5 Å². The molecule has 1 rings (SSSR count). The second-order valence-corrected chi connectivity index (χ2v) is 5.42. The van der Waals surface area contributed by atoms with Crippen LogP contribution in [0.5, 0.6) is 0 Å². The number of likely N-dealkylation sites (tertiary alicyclic amines) is 1. The second-order valence-electron chi connectivity index (χ2n) is 5.42. The highest BCUT2D eigenvalue weighted by Gasteiger charge is 2.30. The van der Waals surface area contributed by atoms with E-state index in [1.807, 2.05) is 11.0 Å². The van der Waals surface area contributed by atoms with Gasteiger partial charge in [-0.2, -0.15) is 0 Å². The fourth-order valence-electron chi connectivity index (χ4n) is 2.32. The molecule has 0 radical (unpaired) electrons. The molecule has 92 valence electrons. The third kappa shape index (κ3) is 3.66. The molecule has 0 bridgehead atoms. The van der Waals surface area contributed by atoms with Gasteiger partial charge in [-0.1, -0.05) is 32.8 Å². The van der Waals surface area contributed by atoms with Gasteiger partial charge in [0.05, 0.1) is 0 Å². The average Bonchev–Trinajstić information content (AvgIpc) is 2.59. The van der Waals surface area contributed by atoms with Crippen LogP contribution in [0.15, 0.2) is 12.7 Å². The van der Waals surface area contributed by atoms with Crippen LogP contribution < -0.4 is 0 Å². The molecule has 0 saturated carbocycles. The highest BCUT2D eigenvalue weighted by Crippen LogP contribution is 2.23. The molecule has 2 nitrogen and oxygen atoms in total. The zero-order valence-electron chi connectivity index (χ0n) is 10.9. The zero-order valence-corrected chi connectivity index (χ0v) is 10.9. The summed E-state index contributed by atoms with van der Waals surface area (Å²) in [5, 5.41) is 0. The summed E-state index contributed by atoms with van der Waals surface area (Å²) in [7, 11) is 0. The number of carbonyl (C=O) groups excluding carboxylic acids is 1. The predicted molar refractivity (Wildman–Crippen MR) is 68.2 cm³/mol. The van der Waals surface area contributed by atoms with Crippen molar-refractivity contribution in [1.82, 2.24) is 4.90 Å². The molecule has 0 aromatic heterocycles. The molecule has 0 aromatic rings. The Hall–Kier alpha value is -0.790. The fourth-order valence-corrected chi connectivity index (χ4v) is 2.32. The molecule has 2 heteroatoms. The van der Waals surface area contributed by atoms with Gasteiger partial charge in [0.2, 0.25) is 5.91 Å². The van der Waals surface area contributed by atoms with E-state index in [1.165, 1.54) is 12.8 Å². The van der Waals surface area contributed by atoms with Crippen LogP contribution in [-0.4, -0.2) is 23.4 Å². The summed E-state index contributed by atoms with van der Waals surface area (Å²) in [5.41, 5.74) is 0. The maximum Gasteiger partial charge on any atom is 0.223 e. The number of amides is 1. The van der Waals surface area contributed by atoms with Gasteiger partial charge in [-0.3, -0.25) is 4.79 Å². The molecule has 0 N–H and O–H groups in total. The van der Waals surface area contributed by atoms with E-state index in [-0.39, 0.29) is 0 Å². The summed E-state index contributed by atoms with van der Waals surface area (Å²) < 4.78 is 0. The van der Waals surface area contributed by atoms with Gasteiger partial charge in [0.25, 0.3) is 0 Å². The summed E-state index contributed by atoms with van der Waals surface area (Å²) in [6.45, 7) is 11.3. The SMILES string of the molecule is C=CC1CC(=O)N(C(C)CCCC(C)C)C1. The van der Waals surface area contributed by atoms with Crippen LogP contribution in [0, 0.1) is 11.8 Å². The molecule has 1 saturated heterocycles. The smallest absolute Gasteiger partial charge is 0.223 e. The lowest BCUT2D eigenvalue weighted by Crippen LogP contribution is -2.34. The number of hydrogen-bond donors (Lipinski definition) is 0. The molecule has 2 unspecified atom stereocenters. The Morgan fingerprint density at radius 3 is 2.62 bits per heavy atom. The summed E-state index contributed by atoms with van der Waals surface area (Å²) in [6, 6.07) is 0.399. The second kappa shape index (κ2) is 6.07. The van der Waals surface area contributed by atoms with Crippen LogP contribution in [0.3, 0.4) is 0 Å². The number of rotatable bonds is 6. The van der Waals surface area contributed by atoms with Gasteiger partial charge in [0.15, 0.2) is 0 Å². The normalized spacial score (nSPS) is 22.9. The van der Waals surface area contributed by atoms with Crippen molar-refractivity contribution >= 4 is 5.91 Å². The van der Waals surface area contributed by atoms with Crippen molar-refractivity contribution in [3.8, 4) is 0 Å². The first-order chi connectivity index (χ1) is 7.54. The van der Waals surface area contributed by atoms with Crippen LogP contribution in [-0.2, 0) is 4.79 Å². The van der Waals surface area contributed by atoms with E-state index in [1.54, 1.807) is 0 Å². The minimum absolute atomic E-state index is 0.307. The highest BCUT2D eigenvalue weighted by molar-refractivity contribution is 5.79. The van der Waals surface area contributed by atoms with Gasteiger partial charge < -0.3 is 4.90 Å². The van der Waals surface area contributed by atoms with Crippen LogP contribution in [0.25, 0.3) is 0 Å². The van der Waals surface area contributed by atoms with Crippen LogP contribution >= 0.6 is 0 Å². The molecular formula is C14H25NO. The maximum absolute atomic E-state index is 11.8. The monoisotopic (exact) mass is 223 g/mol.